The third-order valence-corrected chi connectivity index (χ3v) is 3.08. The highest BCUT2D eigenvalue weighted by Gasteiger charge is 2.43. The molecular formula is C11H14N2O4. The SMILES string of the molecule is Cc1cc(C(=O)NC2(C(=O)O)CCCC2)no1. The van der Waals surface area contributed by atoms with Crippen molar-refractivity contribution in [3.8, 4) is 0 Å². The molecule has 0 aliphatic heterocycles. The van der Waals surface area contributed by atoms with Crippen LogP contribution in [0.3, 0.4) is 0 Å². The first-order chi connectivity index (χ1) is 8.03. The number of aryl methyl sites for hydroxylation is 1. The summed E-state index contributed by atoms with van der Waals surface area (Å²) in [6.45, 7) is 1.67. The number of carbonyl (C=O) groups excluding carboxylic acids is 1. The number of carboxylic acid groups (broad SMARTS) is 1. The van der Waals surface area contributed by atoms with Gasteiger partial charge in [0, 0.05) is 6.07 Å². The number of aliphatic carboxylic acids is 1. The molecule has 0 spiro atoms. The van der Waals surface area contributed by atoms with E-state index in [2.05, 4.69) is 10.5 Å². The molecule has 0 saturated heterocycles. The molecule has 0 unspecified atom stereocenters. The van der Waals surface area contributed by atoms with E-state index < -0.39 is 17.4 Å². The Labute approximate surface area is 98.0 Å². The van der Waals surface area contributed by atoms with Crippen LogP contribution in [0.25, 0.3) is 0 Å². The van der Waals surface area contributed by atoms with Crippen LogP contribution in [0.15, 0.2) is 10.6 Å². The molecule has 0 bridgehead atoms. The summed E-state index contributed by atoms with van der Waals surface area (Å²) in [7, 11) is 0. The summed E-state index contributed by atoms with van der Waals surface area (Å²) in [4.78, 5) is 23.1. The van der Waals surface area contributed by atoms with Crippen LogP contribution in [0.2, 0.25) is 0 Å². The molecule has 2 N–H and O–H groups in total. The highest BCUT2D eigenvalue weighted by atomic mass is 16.5. The number of nitrogens with one attached hydrogen (secondary N) is 1. The number of carbonyl (C=O) groups is 2. The maximum atomic E-state index is 11.8. The van der Waals surface area contributed by atoms with Crippen LogP contribution >= 0.6 is 0 Å². The molecule has 1 fully saturated rings. The molecule has 1 aliphatic carbocycles. The Hall–Kier alpha value is -1.85. The van der Waals surface area contributed by atoms with Crippen LogP contribution in [0.5, 0.6) is 0 Å². The Bertz CT molecular complexity index is 446. The predicted octanol–water partition coefficient (Wildman–Crippen LogP) is 1.11. The molecule has 92 valence electrons. The normalized spacial score (nSPS) is 17.9. The van der Waals surface area contributed by atoms with Crippen LogP contribution in [-0.4, -0.2) is 27.7 Å². The fraction of sp³-hybridized carbons (Fsp3) is 0.545. The highest BCUT2D eigenvalue weighted by molar-refractivity contribution is 5.96. The molecule has 1 aromatic heterocycles. The van der Waals surface area contributed by atoms with Gasteiger partial charge in [0.05, 0.1) is 0 Å². The third-order valence-electron chi connectivity index (χ3n) is 3.08. The summed E-state index contributed by atoms with van der Waals surface area (Å²) in [6, 6.07) is 1.49. The summed E-state index contributed by atoms with van der Waals surface area (Å²) >= 11 is 0. The molecule has 1 aromatic rings. The van der Waals surface area contributed by atoms with Gasteiger partial charge in [0.25, 0.3) is 5.91 Å². The van der Waals surface area contributed by atoms with E-state index in [9.17, 15) is 14.7 Å². The van der Waals surface area contributed by atoms with Crippen molar-refractivity contribution in [2.75, 3.05) is 0 Å². The van der Waals surface area contributed by atoms with Gasteiger partial charge in [-0.2, -0.15) is 0 Å². The summed E-state index contributed by atoms with van der Waals surface area (Å²) in [5.41, 5.74) is -1.01. The lowest BCUT2D eigenvalue weighted by molar-refractivity contribution is -0.144. The van der Waals surface area contributed by atoms with Crippen LogP contribution in [0.1, 0.15) is 41.9 Å². The first kappa shape index (κ1) is 11.6. The average Bonchev–Trinajstić information content (AvgIpc) is 2.87. The van der Waals surface area contributed by atoms with Crippen LogP contribution in [-0.2, 0) is 4.79 Å². The van der Waals surface area contributed by atoms with Gasteiger partial charge in [0.15, 0.2) is 5.69 Å². The summed E-state index contributed by atoms with van der Waals surface area (Å²) in [5.74, 6) is -0.958. The molecule has 0 aromatic carbocycles. The van der Waals surface area contributed by atoms with Gasteiger partial charge in [-0.15, -0.1) is 0 Å². The fourth-order valence-electron chi connectivity index (χ4n) is 2.13. The molecule has 1 amide bonds. The Morgan fingerprint density at radius 2 is 2.12 bits per heavy atom. The van der Waals surface area contributed by atoms with Crippen molar-refractivity contribution in [3.05, 3.63) is 17.5 Å². The van der Waals surface area contributed by atoms with Crippen molar-refractivity contribution >= 4 is 11.9 Å². The van der Waals surface area contributed by atoms with Crippen LogP contribution < -0.4 is 5.32 Å². The van der Waals surface area contributed by atoms with E-state index in [0.717, 1.165) is 12.8 Å². The van der Waals surface area contributed by atoms with Crippen molar-refractivity contribution in [1.82, 2.24) is 10.5 Å². The van der Waals surface area contributed by atoms with Crippen LogP contribution in [0, 0.1) is 6.92 Å². The number of hydrogen-bond acceptors (Lipinski definition) is 4. The maximum absolute atomic E-state index is 11.8. The second kappa shape index (κ2) is 4.20. The van der Waals surface area contributed by atoms with Gasteiger partial charge in [0.1, 0.15) is 11.3 Å². The minimum absolute atomic E-state index is 0.120. The minimum atomic E-state index is -1.13. The van der Waals surface area contributed by atoms with E-state index in [1.54, 1.807) is 6.92 Å². The minimum Gasteiger partial charge on any atom is -0.480 e. The van der Waals surface area contributed by atoms with Crippen molar-refractivity contribution in [2.45, 2.75) is 38.1 Å². The monoisotopic (exact) mass is 238 g/mol. The second-order valence-corrected chi connectivity index (χ2v) is 4.37. The number of aromatic nitrogens is 1. The molecule has 17 heavy (non-hydrogen) atoms. The molecule has 1 heterocycles. The van der Waals surface area contributed by atoms with Crippen molar-refractivity contribution < 1.29 is 19.2 Å². The second-order valence-electron chi connectivity index (χ2n) is 4.37. The summed E-state index contributed by atoms with van der Waals surface area (Å²) in [5, 5.41) is 15.3. The molecule has 6 heteroatoms. The largest absolute Gasteiger partial charge is 0.480 e. The Balaban J connectivity index is 2.14. The van der Waals surface area contributed by atoms with Gasteiger partial charge in [-0.3, -0.25) is 4.79 Å². The zero-order valence-corrected chi connectivity index (χ0v) is 9.52. The molecule has 2 rings (SSSR count). The molecule has 0 radical (unpaired) electrons. The Kier molecular flexibility index (Phi) is 2.87. The quantitative estimate of drug-likeness (QED) is 0.822. The molecule has 6 nitrogen and oxygen atoms in total. The average molecular weight is 238 g/mol. The smallest absolute Gasteiger partial charge is 0.329 e. The Morgan fingerprint density at radius 3 is 2.59 bits per heavy atom. The molecular weight excluding hydrogens is 224 g/mol. The molecule has 0 atom stereocenters. The van der Waals surface area contributed by atoms with Gasteiger partial charge in [0.2, 0.25) is 0 Å². The van der Waals surface area contributed by atoms with Gasteiger partial charge in [-0.1, -0.05) is 18.0 Å². The highest BCUT2D eigenvalue weighted by Crippen LogP contribution is 2.30. The molecule has 1 aliphatic rings. The Morgan fingerprint density at radius 1 is 1.47 bits per heavy atom. The van der Waals surface area contributed by atoms with E-state index in [1.165, 1.54) is 6.07 Å². The first-order valence-electron chi connectivity index (χ1n) is 5.53. The number of carboxylic acids is 1. The lowest BCUT2D eigenvalue weighted by Crippen LogP contribution is -2.52. The van der Waals surface area contributed by atoms with E-state index >= 15 is 0 Å². The van der Waals surface area contributed by atoms with Crippen LogP contribution in [0.4, 0.5) is 0 Å². The number of rotatable bonds is 3. The van der Waals surface area contributed by atoms with E-state index in [-0.39, 0.29) is 5.69 Å². The van der Waals surface area contributed by atoms with E-state index in [4.69, 9.17) is 4.52 Å². The van der Waals surface area contributed by atoms with Crippen molar-refractivity contribution in [2.24, 2.45) is 0 Å². The number of amides is 1. The van der Waals surface area contributed by atoms with Gasteiger partial charge >= 0.3 is 5.97 Å². The lowest BCUT2D eigenvalue weighted by Gasteiger charge is -2.24. The number of nitrogens with zero attached hydrogens (tertiary/aromatic N) is 1. The summed E-state index contributed by atoms with van der Waals surface area (Å²) in [6.07, 6.45) is 2.55. The number of hydrogen-bond donors (Lipinski definition) is 2. The van der Waals surface area contributed by atoms with Crippen molar-refractivity contribution in [3.63, 3.8) is 0 Å². The van der Waals surface area contributed by atoms with E-state index in [0.29, 0.717) is 18.6 Å². The topological polar surface area (TPSA) is 92.4 Å². The third kappa shape index (κ3) is 2.15. The van der Waals surface area contributed by atoms with Crippen molar-refractivity contribution in [1.29, 1.82) is 0 Å². The lowest BCUT2D eigenvalue weighted by atomic mass is 9.97. The predicted molar refractivity (Wildman–Crippen MR) is 57.5 cm³/mol. The zero-order valence-electron chi connectivity index (χ0n) is 9.52. The van der Waals surface area contributed by atoms with E-state index in [1.807, 2.05) is 0 Å². The summed E-state index contributed by atoms with van der Waals surface area (Å²) < 4.78 is 4.79. The van der Waals surface area contributed by atoms with Gasteiger partial charge in [-0.05, 0) is 19.8 Å². The standard InChI is InChI=1S/C11H14N2O4/c1-7-6-8(13-17-7)9(14)12-11(10(15)16)4-2-3-5-11/h6H,2-5H2,1H3,(H,12,14)(H,15,16). The van der Waals surface area contributed by atoms with Gasteiger partial charge in [-0.25, -0.2) is 4.79 Å². The zero-order chi connectivity index (χ0) is 12.5. The molecule has 1 saturated carbocycles. The maximum Gasteiger partial charge on any atom is 0.329 e. The first-order valence-corrected chi connectivity index (χ1v) is 5.53. The fourth-order valence-corrected chi connectivity index (χ4v) is 2.13. The van der Waals surface area contributed by atoms with Gasteiger partial charge < -0.3 is 14.9 Å².